The highest BCUT2D eigenvalue weighted by atomic mass is 16.5. The molecule has 0 spiro atoms. The van der Waals surface area contributed by atoms with Gasteiger partial charge in [-0.05, 0) is 12.1 Å². The molecule has 0 saturated carbocycles. The predicted molar refractivity (Wildman–Crippen MR) is 75.0 cm³/mol. The number of ether oxygens (including phenoxy) is 2. The summed E-state index contributed by atoms with van der Waals surface area (Å²) < 4.78 is 10.1. The van der Waals surface area contributed by atoms with Crippen molar-refractivity contribution in [3.8, 4) is 5.75 Å². The molecule has 0 aliphatic carbocycles. The Morgan fingerprint density at radius 3 is 2.81 bits per heavy atom. The summed E-state index contributed by atoms with van der Waals surface area (Å²) in [6.07, 6.45) is 0.432. The van der Waals surface area contributed by atoms with Crippen LogP contribution in [0.25, 0.3) is 0 Å². The van der Waals surface area contributed by atoms with Gasteiger partial charge in [-0.25, -0.2) is 0 Å². The molecule has 7 nitrogen and oxygen atoms in total. The van der Waals surface area contributed by atoms with Crippen molar-refractivity contribution >= 4 is 17.5 Å². The number of amides is 2. The van der Waals surface area contributed by atoms with E-state index >= 15 is 0 Å². The molecule has 21 heavy (non-hydrogen) atoms. The summed E-state index contributed by atoms with van der Waals surface area (Å²) in [5.41, 5.74) is -0.691. The molecule has 114 valence electrons. The summed E-state index contributed by atoms with van der Waals surface area (Å²) in [6.45, 7) is 0.576. The van der Waals surface area contributed by atoms with E-state index in [2.05, 4.69) is 10.6 Å². The van der Waals surface area contributed by atoms with Gasteiger partial charge in [-0.15, -0.1) is 0 Å². The average molecular weight is 294 g/mol. The Hall–Kier alpha value is -2.12. The number of carbonyl (C=O) groups is 2. The molecule has 2 amide bonds. The molecule has 1 aromatic carbocycles. The van der Waals surface area contributed by atoms with E-state index in [-0.39, 0.29) is 13.2 Å². The average Bonchev–Trinajstić information content (AvgIpc) is 2.92. The number of para-hydroxylation sites is 2. The Morgan fingerprint density at radius 1 is 1.38 bits per heavy atom. The van der Waals surface area contributed by atoms with Crippen LogP contribution in [0, 0.1) is 0 Å². The quantitative estimate of drug-likeness (QED) is 0.674. The Bertz CT molecular complexity index is 526. The largest absolute Gasteiger partial charge is 0.495 e. The third-order valence-electron chi connectivity index (χ3n) is 3.22. The minimum atomic E-state index is -1.10. The molecule has 3 N–H and O–H groups in total. The first-order chi connectivity index (χ1) is 10.0. The monoisotopic (exact) mass is 294 g/mol. The first kappa shape index (κ1) is 15.3. The zero-order valence-electron chi connectivity index (χ0n) is 11.7. The molecule has 1 aliphatic rings. The Morgan fingerprint density at radius 2 is 2.14 bits per heavy atom. The number of anilines is 1. The summed E-state index contributed by atoms with van der Waals surface area (Å²) in [6, 6.07) is 6.77. The zero-order chi connectivity index (χ0) is 15.3. The molecule has 0 aromatic heterocycles. The van der Waals surface area contributed by atoms with Crippen LogP contribution >= 0.6 is 0 Å². The molecule has 0 bridgehead atoms. The standard InChI is InChI=1S/C14H18N2O5/c1-20-11-5-3-2-4-10(11)16-13(18)12(17)15-8-14(19)6-7-21-9-14/h2-5,19H,6-9H2,1H3,(H,15,17)(H,16,18)/t14-/m1/s1. The molecular formula is C14H18N2O5. The minimum Gasteiger partial charge on any atom is -0.495 e. The van der Waals surface area contributed by atoms with E-state index < -0.39 is 17.4 Å². The number of benzene rings is 1. The first-order valence-electron chi connectivity index (χ1n) is 6.56. The lowest BCUT2D eigenvalue weighted by molar-refractivity contribution is -0.136. The summed E-state index contributed by atoms with van der Waals surface area (Å²) in [7, 11) is 1.47. The van der Waals surface area contributed by atoms with Gasteiger partial charge in [-0.3, -0.25) is 9.59 Å². The fraction of sp³-hybridized carbons (Fsp3) is 0.429. The van der Waals surface area contributed by atoms with Crippen molar-refractivity contribution in [2.45, 2.75) is 12.0 Å². The highest BCUT2D eigenvalue weighted by molar-refractivity contribution is 6.39. The predicted octanol–water partition coefficient (Wildman–Crippen LogP) is -0.0987. The third kappa shape index (κ3) is 3.93. The number of rotatable bonds is 4. The van der Waals surface area contributed by atoms with Gasteiger partial charge in [0.15, 0.2) is 0 Å². The van der Waals surface area contributed by atoms with E-state index in [0.717, 1.165) is 0 Å². The van der Waals surface area contributed by atoms with Crippen molar-refractivity contribution in [2.24, 2.45) is 0 Å². The van der Waals surface area contributed by atoms with E-state index in [4.69, 9.17) is 9.47 Å². The second-order valence-corrected chi connectivity index (χ2v) is 4.86. The van der Waals surface area contributed by atoms with Gasteiger partial charge in [-0.2, -0.15) is 0 Å². The maximum Gasteiger partial charge on any atom is 0.313 e. The highest BCUT2D eigenvalue weighted by Crippen LogP contribution is 2.22. The topological polar surface area (TPSA) is 96.9 Å². The van der Waals surface area contributed by atoms with Gasteiger partial charge < -0.3 is 25.2 Å². The summed E-state index contributed by atoms with van der Waals surface area (Å²) in [5, 5.41) is 14.9. The van der Waals surface area contributed by atoms with Crippen LogP contribution in [0.5, 0.6) is 5.75 Å². The van der Waals surface area contributed by atoms with Crippen molar-refractivity contribution in [1.82, 2.24) is 5.32 Å². The normalized spacial score (nSPS) is 20.9. The molecule has 1 atom stereocenters. The van der Waals surface area contributed by atoms with Gasteiger partial charge >= 0.3 is 11.8 Å². The number of nitrogens with one attached hydrogen (secondary N) is 2. The van der Waals surface area contributed by atoms with E-state index in [1.807, 2.05) is 0 Å². The Labute approximate surface area is 122 Å². The van der Waals surface area contributed by atoms with Gasteiger partial charge in [0, 0.05) is 19.6 Å². The zero-order valence-corrected chi connectivity index (χ0v) is 11.7. The molecule has 1 saturated heterocycles. The fourth-order valence-corrected chi connectivity index (χ4v) is 1.99. The summed E-state index contributed by atoms with van der Waals surface area (Å²) >= 11 is 0. The van der Waals surface area contributed by atoms with E-state index in [1.165, 1.54) is 7.11 Å². The Balaban J connectivity index is 1.89. The smallest absolute Gasteiger partial charge is 0.313 e. The second-order valence-electron chi connectivity index (χ2n) is 4.86. The van der Waals surface area contributed by atoms with Crippen molar-refractivity contribution in [2.75, 3.05) is 32.2 Å². The highest BCUT2D eigenvalue weighted by Gasteiger charge is 2.33. The Kier molecular flexibility index (Phi) is 4.77. The summed E-state index contributed by atoms with van der Waals surface area (Å²) in [4.78, 5) is 23.5. The maximum atomic E-state index is 11.8. The number of hydrogen-bond donors (Lipinski definition) is 3. The van der Waals surface area contributed by atoms with Crippen LogP contribution in [0.4, 0.5) is 5.69 Å². The van der Waals surface area contributed by atoms with Gasteiger partial charge in [0.1, 0.15) is 11.4 Å². The fourth-order valence-electron chi connectivity index (χ4n) is 1.99. The summed E-state index contributed by atoms with van der Waals surface area (Å²) in [5.74, 6) is -1.18. The van der Waals surface area contributed by atoms with Crippen molar-refractivity contribution in [1.29, 1.82) is 0 Å². The van der Waals surface area contributed by atoms with Gasteiger partial charge in [0.2, 0.25) is 0 Å². The molecule has 1 fully saturated rings. The lowest BCUT2D eigenvalue weighted by atomic mass is 10.0. The van der Waals surface area contributed by atoms with Crippen LogP contribution in [-0.2, 0) is 14.3 Å². The second kappa shape index (κ2) is 6.55. The van der Waals surface area contributed by atoms with E-state index in [0.29, 0.717) is 24.5 Å². The van der Waals surface area contributed by atoms with Crippen LogP contribution in [0.3, 0.4) is 0 Å². The van der Waals surface area contributed by atoms with Crippen LogP contribution in [0.15, 0.2) is 24.3 Å². The van der Waals surface area contributed by atoms with E-state index in [1.54, 1.807) is 24.3 Å². The van der Waals surface area contributed by atoms with Crippen molar-refractivity contribution < 1.29 is 24.2 Å². The molecule has 1 aliphatic heterocycles. The number of hydrogen-bond acceptors (Lipinski definition) is 5. The SMILES string of the molecule is COc1ccccc1NC(=O)C(=O)NC[C@]1(O)CCOC1. The van der Waals surface area contributed by atoms with Crippen LogP contribution < -0.4 is 15.4 Å². The van der Waals surface area contributed by atoms with Gasteiger partial charge in [0.05, 0.1) is 19.4 Å². The van der Waals surface area contributed by atoms with E-state index in [9.17, 15) is 14.7 Å². The van der Waals surface area contributed by atoms with Crippen molar-refractivity contribution in [3.63, 3.8) is 0 Å². The van der Waals surface area contributed by atoms with Crippen LogP contribution in [0.2, 0.25) is 0 Å². The molecule has 1 heterocycles. The van der Waals surface area contributed by atoms with Crippen LogP contribution in [0.1, 0.15) is 6.42 Å². The number of methoxy groups -OCH3 is 1. The maximum absolute atomic E-state index is 11.8. The molecular weight excluding hydrogens is 276 g/mol. The molecule has 0 unspecified atom stereocenters. The van der Waals surface area contributed by atoms with Gasteiger partial charge in [-0.1, -0.05) is 12.1 Å². The molecule has 1 aromatic rings. The molecule has 0 radical (unpaired) electrons. The third-order valence-corrected chi connectivity index (χ3v) is 3.22. The lowest BCUT2D eigenvalue weighted by Crippen LogP contribution is -2.46. The first-order valence-corrected chi connectivity index (χ1v) is 6.56. The molecule has 2 rings (SSSR count). The van der Waals surface area contributed by atoms with Crippen molar-refractivity contribution in [3.05, 3.63) is 24.3 Å². The molecule has 7 heteroatoms. The van der Waals surface area contributed by atoms with Crippen LogP contribution in [-0.4, -0.2) is 49.4 Å². The van der Waals surface area contributed by atoms with Gasteiger partial charge in [0.25, 0.3) is 0 Å². The minimum absolute atomic E-state index is 0.0226. The number of aliphatic hydroxyl groups is 1. The number of carbonyl (C=O) groups excluding carboxylic acids is 2. The lowest BCUT2D eigenvalue weighted by Gasteiger charge is -2.20.